The monoisotopic (exact) mass is 422 g/mol. The number of ether oxygens (including phenoxy) is 1. The normalized spacial score (nSPS) is 10.3. The number of rotatable bonds is 8. The van der Waals surface area contributed by atoms with Crippen molar-refractivity contribution >= 4 is 29.4 Å². The van der Waals surface area contributed by atoms with Crippen LogP contribution in [-0.2, 0) is 11.3 Å². The number of nitrogens with one attached hydrogen (secondary N) is 2. The second-order valence-corrected chi connectivity index (χ2v) is 7.49. The number of nitrogens with zero attached hydrogens (tertiary/aromatic N) is 2. The second-order valence-electron chi connectivity index (χ2n) is 6.49. The fraction of sp³-hybridized carbons (Fsp3) is 0.182. The van der Waals surface area contributed by atoms with Gasteiger partial charge in [-0.1, -0.05) is 41.6 Å². The van der Waals surface area contributed by atoms with Crippen LogP contribution in [0.15, 0.2) is 65.7 Å². The van der Waals surface area contributed by atoms with E-state index in [1.807, 2.05) is 43.3 Å². The number of hydrogen-bond acceptors (Lipinski definition) is 6. The molecule has 0 atom stereocenters. The average Bonchev–Trinajstić information content (AvgIpc) is 2.77. The topological polar surface area (TPSA) is 93.2 Å². The van der Waals surface area contributed by atoms with Crippen LogP contribution in [0.1, 0.15) is 21.5 Å². The summed E-state index contributed by atoms with van der Waals surface area (Å²) in [6.07, 6.45) is 0. The Kier molecular flexibility index (Phi) is 7.40. The number of aryl methyl sites for hydroxylation is 1. The van der Waals surface area contributed by atoms with Crippen molar-refractivity contribution in [3.05, 3.63) is 77.4 Å². The minimum Gasteiger partial charge on any atom is -0.497 e. The maximum atomic E-state index is 12.2. The van der Waals surface area contributed by atoms with Crippen molar-refractivity contribution in [2.24, 2.45) is 0 Å². The summed E-state index contributed by atoms with van der Waals surface area (Å²) in [5, 5.41) is 14.2. The zero-order chi connectivity index (χ0) is 21.3. The van der Waals surface area contributed by atoms with Gasteiger partial charge in [0.1, 0.15) is 10.8 Å². The molecule has 7 nitrogen and oxygen atoms in total. The van der Waals surface area contributed by atoms with Gasteiger partial charge in [0.15, 0.2) is 5.82 Å². The van der Waals surface area contributed by atoms with Crippen LogP contribution >= 0.6 is 11.8 Å². The van der Waals surface area contributed by atoms with Crippen LogP contribution in [0.5, 0.6) is 5.75 Å². The summed E-state index contributed by atoms with van der Waals surface area (Å²) in [7, 11) is 1.61. The Hall–Kier alpha value is -3.39. The van der Waals surface area contributed by atoms with E-state index in [0.29, 0.717) is 23.0 Å². The number of carbonyl (C=O) groups excluding carboxylic acids is 2. The zero-order valence-electron chi connectivity index (χ0n) is 16.7. The fourth-order valence-electron chi connectivity index (χ4n) is 2.53. The summed E-state index contributed by atoms with van der Waals surface area (Å²) < 4.78 is 5.17. The van der Waals surface area contributed by atoms with E-state index in [0.717, 1.165) is 16.9 Å². The Morgan fingerprint density at radius 3 is 2.53 bits per heavy atom. The van der Waals surface area contributed by atoms with E-state index in [4.69, 9.17) is 4.74 Å². The highest BCUT2D eigenvalue weighted by Crippen LogP contribution is 2.16. The Morgan fingerprint density at radius 1 is 1.03 bits per heavy atom. The molecule has 3 aromatic rings. The van der Waals surface area contributed by atoms with Crippen molar-refractivity contribution in [1.29, 1.82) is 0 Å². The number of thioether (sulfide) groups is 1. The Bertz CT molecular complexity index is 1010. The zero-order valence-corrected chi connectivity index (χ0v) is 17.5. The minimum absolute atomic E-state index is 0.110. The van der Waals surface area contributed by atoms with Crippen molar-refractivity contribution in [1.82, 2.24) is 15.5 Å². The van der Waals surface area contributed by atoms with E-state index in [-0.39, 0.29) is 17.6 Å². The van der Waals surface area contributed by atoms with Crippen LogP contribution in [0.3, 0.4) is 0 Å². The van der Waals surface area contributed by atoms with Crippen LogP contribution in [0.2, 0.25) is 0 Å². The van der Waals surface area contributed by atoms with Crippen LogP contribution in [-0.4, -0.2) is 34.9 Å². The van der Waals surface area contributed by atoms with E-state index >= 15 is 0 Å². The predicted octanol–water partition coefficient (Wildman–Crippen LogP) is 3.45. The lowest BCUT2D eigenvalue weighted by Crippen LogP contribution is -2.24. The predicted molar refractivity (Wildman–Crippen MR) is 117 cm³/mol. The smallest absolute Gasteiger partial charge is 0.256 e. The molecule has 0 saturated carbocycles. The second kappa shape index (κ2) is 10.4. The molecule has 2 N–H and O–H groups in total. The van der Waals surface area contributed by atoms with Crippen LogP contribution in [0, 0.1) is 6.92 Å². The van der Waals surface area contributed by atoms with Gasteiger partial charge < -0.3 is 15.4 Å². The highest BCUT2D eigenvalue weighted by molar-refractivity contribution is 7.99. The van der Waals surface area contributed by atoms with Crippen molar-refractivity contribution in [2.45, 2.75) is 18.5 Å². The van der Waals surface area contributed by atoms with Gasteiger partial charge in [0.25, 0.3) is 5.91 Å². The van der Waals surface area contributed by atoms with E-state index in [1.54, 1.807) is 31.4 Å². The fourth-order valence-corrected chi connectivity index (χ4v) is 3.17. The molecule has 0 aliphatic heterocycles. The maximum Gasteiger partial charge on any atom is 0.256 e. The largest absolute Gasteiger partial charge is 0.497 e. The number of anilines is 1. The van der Waals surface area contributed by atoms with Gasteiger partial charge in [-0.15, -0.1) is 10.2 Å². The molecule has 2 aromatic carbocycles. The molecule has 0 aliphatic rings. The Morgan fingerprint density at radius 2 is 1.83 bits per heavy atom. The van der Waals surface area contributed by atoms with Crippen LogP contribution in [0.4, 0.5) is 5.82 Å². The van der Waals surface area contributed by atoms with Gasteiger partial charge >= 0.3 is 0 Å². The van der Waals surface area contributed by atoms with Gasteiger partial charge in [0.05, 0.1) is 12.9 Å². The van der Waals surface area contributed by atoms with Crippen molar-refractivity contribution < 1.29 is 14.3 Å². The number of aromatic nitrogens is 2. The summed E-state index contributed by atoms with van der Waals surface area (Å²) in [4.78, 5) is 24.3. The lowest BCUT2D eigenvalue weighted by atomic mass is 10.1. The molecule has 0 saturated heterocycles. The Balaban J connectivity index is 1.45. The van der Waals surface area contributed by atoms with Gasteiger partial charge in [-0.2, -0.15) is 0 Å². The van der Waals surface area contributed by atoms with E-state index in [9.17, 15) is 9.59 Å². The van der Waals surface area contributed by atoms with Gasteiger partial charge in [-0.3, -0.25) is 9.59 Å². The van der Waals surface area contributed by atoms with Crippen LogP contribution < -0.4 is 15.4 Å². The third-order valence-corrected chi connectivity index (χ3v) is 5.09. The van der Waals surface area contributed by atoms with Gasteiger partial charge in [-0.05, 0) is 48.9 Å². The lowest BCUT2D eigenvalue weighted by Gasteiger charge is -2.07. The van der Waals surface area contributed by atoms with E-state index in [2.05, 4.69) is 20.8 Å². The molecule has 3 rings (SSSR count). The summed E-state index contributed by atoms with van der Waals surface area (Å²) >= 11 is 1.27. The van der Waals surface area contributed by atoms with Gasteiger partial charge in [-0.25, -0.2) is 0 Å². The average molecular weight is 423 g/mol. The lowest BCUT2D eigenvalue weighted by molar-refractivity contribution is -0.118. The first-order chi connectivity index (χ1) is 14.5. The summed E-state index contributed by atoms with van der Waals surface area (Å²) in [5.74, 6) is 0.963. The summed E-state index contributed by atoms with van der Waals surface area (Å²) in [6, 6.07) is 18.2. The number of carbonyl (C=O) groups is 2. The molecule has 0 spiro atoms. The molecule has 8 heteroatoms. The molecule has 0 aliphatic carbocycles. The quantitative estimate of drug-likeness (QED) is 0.540. The molecular weight excluding hydrogens is 400 g/mol. The van der Waals surface area contributed by atoms with Gasteiger partial charge in [0.2, 0.25) is 5.91 Å². The maximum absolute atomic E-state index is 12.2. The molecule has 0 fully saturated rings. The number of methoxy groups -OCH3 is 1. The number of hydrogen-bond donors (Lipinski definition) is 2. The first-order valence-electron chi connectivity index (χ1n) is 9.27. The Labute approximate surface area is 179 Å². The number of amides is 2. The highest BCUT2D eigenvalue weighted by Gasteiger charge is 2.08. The third-order valence-electron chi connectivity index (χ3n) is 4.17. The van der Waals surface area contributed by atoms with Crippen molar-refractivity contribution in [3.8, 4) is 5.75 Å². The van der Waals surface area contributed by atoms with Gasteiger partial charge in [0, 0.05) is 12.1 Å². The molecule has 2 amide bonds. The van der Waals surface area contributed by atoms with Crippen LogP contribution in [0.25, 0.3) is 0 Å². The highest BCUT2D eigenvalue weighted by atomic mass is 32.2. The SMILES string of the molecule is COc1cccc(CNC(=O)CSc2ccc(NC(=O)c3ccc(C)cc3)nn2)c1. The third kappa shape index (κ3) is 6.31. The first kappa shape index (κ1) is 21.3. The molecule has 0 unspecified atom stereocenters. The minimum atomic E-state index is -0.248. The number of benzene rings is 2. The van der Waals surface area contributed by atoms with E-state index < -0.39 is 0 Å². The standard InChI is InChI=1S/C22H22N4O3S/c1-15-6-8-17(9-7-15)22(28)24-19-10-11-21(26-25-19)30-14-20(27)23-13-16-4-3-5-18(12-16)29-2/h3-12H,13-14H2,1-2H3,(H,23,27)(H,24,25,28). The molecule has 0 bridgehead atoms. The molecule has 1 heterocycles. The molecule has 1 aromatic heterocycles. The summed E-state index contributed by atoms with van der Waals surface area (Å²) in [6.45, 7) is 2.38. The molecule has 30 heavy (non-hydrogen) atoms. The van der Waals surface area contributed by atoms with Crippen molar-refractivity contribution in [3.63, 3.8) is 0 Å². The van der Waals surface area contributed by atoms with E-state index in [1.165, 1.54) is 11.8 Å². The molecule has 0 radical (unpaired) electrons. The molecular formula is C22H22N4O3S. The summed E-state index contributed by atoms with van der Waals surface area (Å²) in [5.41, 5.74) is 2.59. The first-order valence-corrected chi connectivity index (χ1v) is 10.3. The van der Waals surface area contributed by atoms with Crippen molar-refractivity contribution in [2.75, 3.05) is 18.2 Å². The molecule has 154 valence electrons.